The number of benzene rings is 1. The number of pyridine rings is 1. The van der Waals surface area contributed by atoms with E-state index in [1.54, 1.807) is 18.3 Å². The molecule has 0 fully saturated rings. The number of hydrogen-bond acceptors (Lipinski definition) is 6. The summed E-state index contributed by atoms with van der Waals surface area (Å²) in [6.45, 7) is 10.6. The van der Waals surface area contributed by atoms with Crippen LogP contribution in [0.25, 0.3) is 5.57 Å². The first-order valence-corrected chi connectivity index (χ1v) is 14.8. The number of aryl methyl sites for hydroxylation is 2. The van der Waals surface area contributed by atoms with Crippen LogP contribution in [0.5, 0.6) is 0 Å². The molecule has 0 aliphatic heterocycles. The lowest BCUT2D eigenvalue weighted by Crippen LogP contribution is -2.25. The SMILES string of the molecule is CC=C(/C=C(/Nc1ccc(CN(C)C(C)C)cn1)C(C)=O)c1cccc(NC(=O)c2cc3c(s2)CCCC3)c1C. The summed E-state index contributed by atoms with van der Waals surface area (Å²) in [7, 11) is 2.09. The highest BCUT2D eigenvalue weighted by Crippen LogP contribution is 2.32. The highest BCUT2D eigenvalue weighted by atomic mass is 32.1. The number of rotatable bonds is 10. The second-order valence-electron chi connectivity index (χ2n) is 10.7. The maximum absolute atomic E-state index is 13.1. The van der Waals surface area contributed by atoms with E-state index in [0.29, 0.717) is 17.6 Å². The van der Waals surface area contributed by atoms with Gasteiger partial charge in [-0.05, 0) is 113 Å². The number of thiophene rings is 1. The standard InChI is InChI=1S/C33H40N4O2S/c1-7-25(17-29(23(5)38)35-32-16-15-24(19-34-32)20-37(6)21(2)3)27-12-10-13-28(22(27)4)36-33(39)31-18-26-11-8-9-14-30(26)40-31/h7,10,12-13,15-19,21H,8-9,11,14,20H2,1-6H3,(H,34,35)(H,36,39)/b25-7?,29-17+. The van der Waals surface area contributed by atoms with Crippen LogP contribution < -0.4 is 10.6 Å². The minimum absolute atomic E-state index is 0.0718. The number of nitrogens with zero attached hydrogens (tertiary/aromatic N) is 2. The fraction of sp³-hybridized carbons (Fsp3) is 0.364. The number of allylic oxidation sites excluding steroid dienone is 4. The van der Waals surface area contributed by atoms with Gasteiger partial charge in [0, 0.05) is 36.3 Å². The minimum Gasteiger partial charge on any atom is -0.337 e. The first-order valence-electron chi connectivity index (χ1n) is 14.0. The first kappa shape index (κ1) is 29.4. The Morgan fingerprint density at radius 3 is 2.55 bits per heavy atom. The second-order valence-corrected chi connectivity index (χ2v) is 11.9. The molecule has 1 aromatic carbocycles. The Labute approximate surface area is 242 Å². The van der Waals surface area contributed by atoms with Gasteiger partial charge in [-0.15, -0.1) is 11.3 Å². The van der Waals surface area contributed by atoms with Gasteiger partial charge >= 0.3 is 0 Å². The number of hydrogen-bond donors (Lipinski definition) is 2. The van der Waals surface area contributed by atoms with Gasteiger partial charge in [-0.3, -0.25) is 14.5 Å². The summed E-state index contributed by atoms with van der Waals surface area (Å²) in [4.78, 5) is 34.6. The zero-order chi connectivity index (χ0) is 28.8. The van der Waals surface area contributed by atoms with Crippen molar-refractivity contribution in [1.29, 1.82) is 0 Å². The lowest BCUT2D eigenvalue weighted by atomic mass is 9.97. The van der Waals surface area contributed by atoms with Crippen LogP contribution in [0.1, 0.15) is 77.3 Å². The van der Waals surface area contributed by atoms with Crippen molar-refractivity contribution in [3.8, 4) is 0 Å². The number of aromatic nitrogens is 1. The van der Waals surface area contributed by atoms with Crippen LogP contribution in [0, 0.1) is 6.92 Å². The summed E-state index contributed by atoms with van der Waals surface area (Å²) >= 11 is 1.61. The van der Waals surface area contributed by atoms with E-state index in [1.165, 1.54) is 23.3 Å². The van der Waals surface area contributed by atoms with Gasteiger partial charge < -0.3 is 10.6 Å². The summed E-state index contributed by atoms with van der Waals surface area (Å²) in [6.07, 6.45) is 10.2. The fourth-order valence-corrected chi connectivity index (χ4v) is 5.92. The second kappa shape index (κ2) is 13.2. The van der Waals surface area contributed by atoms with E-state index in [0.717, 1.165) is 52.2 Å². The molecule has 3 aromatic rings. The number of carbonyl (C=O) groups is 2. The number of nitrogens with one attached hydrogen (secondary N) is 2. The van der Waals surface area contributed by atoms with Crippen molar-refractivity contribution in [2.45, 2.75) is 72.9 Å². The Kier molecular flexibility index (Phi) is 9.71. The molecule has 210 valence electrons. The molecule has 7 heteroatoms. The van der Waals surface area contributed by atoms with Gasteiger partial charge in [-0.25, -0.2) is 4.98 Å². The zero-order valence-electron chi connectivity index (χ0n) is 24.4. The van der Waals surface area contributed by atoms with Gasteiger partial charge in [0.2, 0.25) is 0 Å². The van der Waals surface area contributed by atoms with Crippen molar-refractivity contribution >= 4 is 40.1 Å². The van der Waals surface area contributed by atoms with E-state index in [4.69, 9.17) is 0 Å². The van der Waals surface area contributed by atoms with E-state index < -0.39 is 0 Å². The monoisotopic (exact) mass is 556 g/mol. The van der Waals surface area contributed by atoms with Gasteiger partial charge in [0.05, 0.1) is 10.6 Å². The van der Waals surface area contributed by atoms with E-state index in [1.807, 2.05) is 62.5 Å². The molecule has 0 unspecified atom stereocenters. The third kappa shape index (κ3) is 7.14. The van der Waals surface area contributed by atoms with Crippen molar-refractivity contribution < 1.29 is 9.59 Å². The largest absolute Gasteiger partial charge is 0.337 e. The zero-order valence-corrected chi connectivity index (χ0v) is 25.2. The number of Topliss-reactive ketones (excluding diaryl/α,β-unsaturated/α-hetero) is 1. The molecule has 0 spiro atoms. The molecular weight excluding hydrogens is 516 g/mol. The first-order chi connectivity index (χ1) is 19.2. The predicted molar refractivity (Wildman–Crippen MR) is 167 cm³/mol. The molecule has 0 bridgehead atoms. The topological polar surface area (TPSA) is 74.3 Å². The van der Waals surface area contributed by atoms with Gasteiger partial charge in [0.25, 0.3) is 5.91 Å². The Morgan fingerprint density at radius 1 is 1.12 bits per heavy atom. The minimum atomic E-state index is -0.0893. The number of fused-ring (bicyclic) bond motifs is 1. The molecule has 1 aliphatic rings. The number of amides is 1. The molecule has 40 heavy (non-hydrogen) atoms. The Bertz CT molecular complexity index is 1410. The molecule has 4 rings (SSSR count). The van der Waals surface area contributed by atoms with Crippen molar-refractivity contribution in [2.24, 2.45) is 0 Å². The quantitative estimate of drug-likeness (QED) is 0.201. The maximum atomic E-state index is 13.1. The van der Waals surface area contributed by atoms with Gasteiger partial charge in [0.15, 0.2) is 5.78 Å². The summed E-state index contributed by atoms with van der Waals surface area (Å²) < 4.78 is 0. The highest BCUT2D eigenvalue weighted by molar-refractivity contribution is 7.14. The van der Waals surface area contributed by atoms with Gasteiger partial charge in [-0.2, -0.15) is 0 Å². The van der Waals surface area contributed by atoms with Crippen LogP contribution in [0.15, 0.2) is 60.4 Å². The van der Waals surface area contributed by atoms with Crippen LogP contribution >= 0.6 is 11.3 Å². The molecule has 1 amide bonds. The Balaban J connectivity index is 1.52. The lowest BCUT2D eigenvalue weighted by Gasteiger charge is -2.20. The average molecular weight is 557 g/mol. The summed E-state index contributed by atoms with van der Waals surface area (Å²) in [5.41, 5.74) is 6.43. The molecule has 6 nitrogen and oxygen atoms in total. The fourth-order valence-electron chi connectivity index (χ4n) is 4.77. The van der Waals surface area contributed by atoms with E-state index >= 15 is 0 Å². The molecule has 0 atom stereocenters. The summed E-state index contributed by atoms with van der Waals surface area (Å²) in [5, 5.41) is 6.33. The molecular formula is C33H40N4O2S. The van der Waals surface area contributed by atoms with E-state index in [2.05, 4.69) is 47.5 Å². The average Bonchev–Trinajstić information content (AvgIpc) is 3.38. The Morgan fingerprint density at radius 2 is 1.90 bits per heavy atom. The smallest absolute Gasteiger partial charge is 0.265 e. The van der Waals surface area contributed by atoms with Crippen molar-refractivity contribution in [3.05, 3.63) is 92.5 Å². The molecule has 1 aliphatic carbocycles. The van der Waals surface area contributed by atoms with Crippen LogP contribution in [0.3, 0.4) is 0 Å². The lowest BCUT2D eigenvalue weighted by molar-refractivity contribution is -0.113. The van der Waals surface area contributed by atoms with Crippen molar-refractivity contribution in [3.63, 3.8) is 0 Å². The van der Waals surface area contributed by atoms with E-state index in [9.17, 15) is 9.59 Å². The third-order valence-electron chi connectivity index (χ3n) is 7.50. The molecule has 0 saturated carbocycles. The van der Waals surface area contributed by atoms with Gasteiger partial charge in [-0.1, -0.05) is 24.3 Å². The maximum Gasteiger partial charge on any atom is 0.265 e. The van der Waals surface area contributed by atoms with Crippen LogP contribution in [0.2, 0.25) is 0 Å². The molecule has 2 N–H and O–H groups in total. The van der Waals surface area contributed by atoms with Crippen molar-refractivity contribution in [1.82, 2.24) is 9.88 Å². The highest BCUT2D eigenvalue weighted by Gasteiger charge is 2.19. The number of carbonyl (C=O) groups excluding carboxylic acids is 2. The third-order valence-corrected chi connectivity index (χ3v) is 8.74. The van der Waals surface area contributed by atoms with Crippen LogP contribution in [-0.2, 0) is 24.2 Å². The van der Waals surface area contributed by atoms with Crippen LogP contribution in [-0.4, -0.2) is 34.7 Å². The van der Waals surface area contributed by atoms with Crippen LogP contribution in [0.4, 0.5) is 11.5 Å². The predicted octanol–water partition coefficient (Wildman–Crippen LogP) is 7.41. The normalized spacial score (nSPS) is 13.9. The summed E-state index contributed by atoms with van der Waals surface area (Å²) in [6, 6.07) is 12.3. The van der Waals surface area contributed by atoms with E-state index in [-0.39, 0.29) is 11.7 Å². The molecule has 0 saturated heterocycles. The molecule has 0 radical (unpaired) electrons. The number of anilines is 2. The van der Waals surface area contributed by atoms with Gasteiger partial charge in [0.1, 0.15) is 5.82 Å². The number of ketones is 1. The summed E-state index contributed by atoms with van der Waals surface area (Å²) in [5.74, 6) is 0.454. The molecule has 2 heterocycles. The Hall–Kier alpha value is -3.55. The molecule has 2 aromatic heterocycles. The van der Waals surface area contributed by atoms with Crippen molar-refractivity contribution in [2.75, 3.05) is 17.7 Å².